The first-order valence-corrected chi connectivity index (χ1v) is 9.89. The number of carbonyl (C=O) groups is 1. The lowest BCUT2D eigenvalue weighted by Gasteiger charge is -2.32. The number of rotatable bonds is 4. The Labute approximate surface area is 175 Å². The number of benzene rings is 2. The van der Waals surface area contributed by atoms with Crippen LogP contribution >= 0.6 is 0 Å². The molecular weight excluding hydrogens is 380 g/mol. The molecular formula is C23H22N4O3. The van der Waals surface area contributed by atoms with Crippen molar-refractivity contribution in [3.8, 4) is 29.0 Å². The molecule has 2 heterocycles. The second-order valence-electron chi connectivity index (χ2n) is 7.73. The van der Waals surface area contributed by atoms with Crippen molar-refractivity contribution in [3.05, 3.63) is 53.1 Å². The number of nitrogens with two attached hydrogens (primary N) is 1. The summed E-state index contributed by atoms with van der Waals surface area (Å²) in [5, 5.41) is 21.4. The van der Waals surface area contributed by atoms with Crippen molar-refractivity contribution in [2.24, 2.45) is 5.73 Å². The monoisotopic (exact) mass is 402 g/mol. The molecule has 1 atom stereocenters. The number of nitrogens with zero attached hydrogens (tertiary/aromatic N) is 2. The van der Waals surface area contributed by atoms with Crippen LogP contribution in [0, 0.1) is 22.7 Å². The summed E-state index contributed by atoms with van der Waals surface area (Å²) in [6.07, 6.45) is 1.23. The van der Waals surface area contributed by atoms with Gasteiger partial charge in [-0.3, -0.25) is 4.79 Å². The van der Waals surface area contributed by atoms with E-state index in [1.807, 2.05) is 30.3 Å². The molecule has 0 bridgehead atoms. The van der Waals surface area contributed by atoms with Gasteiger partial charge in [-0.25, -0.2) is 0 Å². The van der Waals surface area contributed by atoms with Crippen molar-refractivity contribution >= 4 is 5.91 Å². The Morgan fingerprint density at radius 3 is 2.67 bits per heavy atom. The van der Waals surface area contributed by atoms with Crippen LogP contribution in [-0.4, -0.2) is 30.7 Å². The molecule has 0 unspecified atom stereocenters. The highest BCUT2D eigenvalue weighted by Gasteiger charge is 2.36. The lowest BCUT2D eigenvalue weighted by Crippen LogP contribution is -2.58. The van der Waals surface area contributed by atoms with Gasteiger partial charge in [0.25, 0.3) is 0 Å². The molecule has 2 aromatic rings. The summed E-state index contributed by atoms with van der Waals surface area (Å²) >= 11 is 0. The molecule has 0 saturated carbocycles. The average molecular weight is 402 g/mol. The Balaban J connectivity index is 1.49. The Morgan fingerprint density at radius 2 is 1.93 bits per heavy atom. The maximum absolute atomic E-state index is 12.6. The second-order valence-corrected chi connectivity index (χ2v) is 7.73. The number of hydrogen-bond donors (Lipinski definition) is 2. The zero-order chi connectivity index (χ0) is 21.1. The quantitative estimate of drug-likeness (QED) is 0.808. The summed E-state index contributed by atoms with van der Waals surface area (Å²) in [6.45, 7) is 1.28. The Kier molecular flexibility index (Phi) is 5.41. The molecule has 0 spiro atoms. The lowest BCUT2D eigenvalue weighted by molar-refractivity contribution is -0.130. The van der Waals surface area contributed by atoms with Crippen LogP contribution in [0.5, 0.6) is 5.75 Å². The van der Waals surface area contributed by atoms with E-state index in [1.165, 1.54) is 0 Å². The molecule has 4 rings (SSSR count). The van der Waals surface area contributed by atoms with Crippen LogP contribution in [0.2, 0.25) is 0 Å². The van der Waals surface area contributed by atoms with Crippen LogP contribution in [0.25, 0.3) is 11.1 Å². The molecule has 3 N–H and O–H groups in total. The highest BCUT2D eigenvalue weighted by atomic mass is 16.5. The zero-order valence-corrected chi connectivity index (χ0v) is 16.5. The van der Waals surface area contributed by atoms with Gasteiger partial charge in [-0.15, -0.1) is 0 Å². The van der Waals surface area contributed by atoms with E-state index in [2.05, 4.69) is 17.5 Å². The van der Waals surface area contributed by atoms with E-state index in [9.17, 15) is 10.1 Å². The van der Waals surface area contributed by atoms with Gasteiger partial charge in [-0.1, -0.05) is 18.2 Å². The van der Waals surface area contributed by atoms with Gasteiger partial charge in [-0.05, 0) is 47.7 Å². The van der Waals surface area contributed by atoms with Crippen molar-refractivity contribution in [1.29, 1.82) is 10.5 Å². The molecule has 1 saturated heterocycles. The second kappa shape index (κ2) is 8.16. The van der Waals surface area contributed by atoms with Crippen LogP contribution < -0.4 is 15.8 Å². The largest absolute Gasteiger partial charge is 0.488 e. The molecule has 0 aromatic heterocycles. The smallest absolute Gasteiger partial charge is 0.241 e. The first-order valence-electron chi connectivity index (χ1n) is 9.89. The highest BCUT2D eigenvalue weighted by molar-refractivity contribution is 5.86. The molecule has 30 heavy (non-hydrogen) atoms. The van der Waals surface area contributed by atoms with Crippen LogP contribution in [0.4, 0.5) is 0 Å². The molecule has 7 nitrogen and oxygen atoms in total. The van der Waals surface area contributed by atoms with Gasteiger partial charge in [0.05, 0.1) is 23.2 Å². The number of ether oxygens (including phenoxy) is 2. The van der Waals surface area contributed by atoms with E-state index >= 15 is 0 Å². The Hall–Kier alpha value is -3.39. The van der Waals surface area contributed by atoms with Crippen LogP contribution in [-0.2, 0) is 22.6 Å². The minimum atomic E-state index is -0.988. The third-order valence-electron chi connectivity index (χ3n) is 5.69. The topological polar surface area (TPSA) is 121 Å². The lowest BCUT2D eigenvalue weighted by atomic mass is 9.89. The van der Waals surface area contributed by atoms with Crippen LogP contribution in [0.1, 0.15) is 29.5 Å². The molecule has 152 valence electrons. The fourth-order valence-electron chi connectivity index (χ4n) is 3.87. The molecule has 2 aliphatic heterocycles. The third kappa shape index (κ3) is 3.86. The van der Waals surface area contributed by atoms with Gasteiger partial charge in [-0.2, -0.15) is 10.5 Å². The number of nitrogens with one attached hydrogen (secondary N) is 1. The standard InChI is InChI=1S/C23H22N4O3/c24-12-16-2-3-19-17(9-16)14-30-21-11-15(1-4-20(19)21)10-18(13-25)27-22(28)23(26)5-7-29-8-6-23/h1-4,9,11,18H,5-8,10,14,26H2,(H,27,28)/t18-/m1/s1. The van der Waals surface area contributed by atoms with Crippen molar-refractivity contribution in [2.45, 2.75) is 37.5 Å². The molecule has 1 amide bonds. The summed E-state index contributed by atoms with van der Waals surface area (Å²) in [4.78, 5) is 12.6. The van der Waals surface area contributed by atoms with Crippen molar-refractivity contribution in [1.82, 2.24) is 5.32 Å². The van der Waals surface area contributed by atoms with E-state index < -0.39 is 11.6 Å². The minimum absolute atomic E-state index is 0.311. The molecule has 2 aromatic carbocycles. The van der Waals surface area contributed by atoms with Crippen LogP contribution in [0.15, 0.2) is 36.4 Å². The maximum atomic E-state index is 12.6. The van der Waals surface area contributed by atoms with Gasteiger partial charge in [0.2, 0.25) is 5.91 Å². The number of hydrogen-bond acceptors (Lipinski definition) is 6. The fraction of sp³-hybridized carbons (Fsp3) is 0.348. The predicted molar refractivity (Wildman–Crippen MR) is 109 cm³/mol. The molecule has 1 fully saturated rings. The van der Waals surface area contributed by atoms with Crippen molar-refractivity contribution in [3.63, 3.8) is 0 Å². The third-order valence-corrected chi connectivity index (χ3v) is 5.69. The molecule has 0 aliphatic carbocycles. The summed E-state index contributed by atoms with van der Waals surface area (Å²) in [5.41, 5.74) is 9.68. The van der Waals surface area contributed by atoms with Crippen LogP contribution in [0.3, 0.4) is 0 Å². The first kappa shape index (κ1) is 19.9. The summed E-state index contributed by atoms with van der Waals surface area (Å²) in [5.74, 6) is 0.418. The minimum Gasteiger partial charge on any atom is -0.488 e. The Morgan fingerprint density at radius 1 is 1.17 bits per heavy atom. The van der Waals surface area contributed by atoms with E-state index in [-0.39, 0.29) is 5.91 Å². The fourth-order valence-corrected chi connectivity index (χ4v) is 3.87. The molecule has 2 aliphatic rings. The van der Waals surface area contributed by atoms with Gasteiger partial charge in [0.15, 0.2) is 0 Å². The number of fused-ring (bicyclic) bond motifs is 3. The number of carbonyl (C=O) groups excluding carboxylic acids is 1. The summed E-state index contributed by atoms with van der Waals surface area (Å²) < 4.78 is 11.2. The maximum Gasteiger partial charge on any atom is 0.241 e. The van der Waals surface area contributed by atoms with Gasteiger partial charge < -0.3 is 20.5 Å². The van der Waals surface area contributed by atoms with Gasteiger partial charge in [0.1, 0.15) is 18.4 Å². The Bertz CT molecular complexity index is 1060. The van der Waals surface area contributed by atoms with Gasteiger partial charge in [0, 0.05) is 25.2 Å². The predicted octanol–water partition coefficient (Wildman–Crippen LogP) is 2.18. The van der Waals surface area contributed by atoms with Crippen molar-refractivity contribution in [2.75, 3.05) is 13.2 Å². The van der Waals surface area contributed by atoms with E-state index in [4.69, 9.17) is 20.5 Å². The average Bonchev–Trinajstić information content (AvgIpc) is 2.78. The molecule has 0 radical (unpaired) electrons. The van der Waals surface area contributed by atoms with Gasteiger partial charge >= 0.3 is 0 Å². The summed E-state index contributed by atoms with van der Waals surface area (Å²) in [7, 11) is 0. The van der Waals surface area contributed by atoms with E-state index in [0.29, 0.717) is 44.6 Å². The number of amides is 1. The molecule has 7 heteroatoms. The van der Waals surface area contributed by atoms with Crippen molar-refractivity contribution < 1.29 is 14.3 Å². The summed E-state index contributed by atoms with van der Waals surface area (Å²) in [6, 6.07) is 15.0. The number of nitriles is 2. The normalized spacial score (nSPS) is 17.3. The zero-order valence-electron chi connectivity index (χ0n) is 16.5. The SMILES string of the molecule is N#Cc1ccc2c(c1)COc1cc(C[C@H](C#N)NC(=O)C3(N)CCOCC3)ccc1-2. The highest BCUT2D eigenvalue weighted by Crippen LogP contribution is 2.38. The van der Waals surface area contributed by atoms with E-state index in [1.54, 1.807) is 6.07 Å². The van der Waals surface area contributed by atoms with E-state index in [0.717, 1.165) is 28.0 Å². The first-order chi connectivity index (χ1) is 14.5.